The summed E-state index contributed by atoms with van der Waals surface area (Å²) < 4.78 is 24.0. The molecule has 4 rings (SSSR count). The molecule has 1 unspecified atom stereocenters. The summed E-state index contributed by atoms with van der Waals surface area (Å²) in [6.07, 6.45) is 2.97. The van der Waals surface area contributed by atoms with E-state index in [9.17, 15) is 9.59 Å². The van der Waals surface area contributed by atoms with Crippen LogP contribution in [0.5, 0.6) is 17.2 Å². The molecule has 0 spiro atoms. The average Bonchev–Trinajstić information content (AvgIpc) is 3.30. The smallest absolute Gasteiger partial charge is 0.347 e. The molecule has 0 amide bonds. The Morgan fingerprint density at radius 1 is 1.16 bits per heavy atom. The van der Waals surface area contributed by atoms with Crippen LogP contribution in [0.2, 0.25) is 0 Å². The second kappa shape index (κ2) is 8.78. The van der Waals surface area contributed by atoms with E-state index in [0.29, 0.717) is 17.1 Å². The molecule has 0 bridgehead atoms. The number of nitrogens with zero attached hydrogens (tertiary/aromatic N) is 1. The van der Waals surface area contributed by atoms with Crippen LogP contribution in [0.15, 0.2) is 48.4 Å². The van der Waals surface area contributed by atoms with Crippen LogP contribution >= 0.6 is 0 Å². The van der Waals surface area contributed by atoms with Crippen molar-refractivity contribution in [1.82, 2.24) is 4.57 Å². The molecule has 0 saturated carbocycles. The van der Waals surface area contributed by atoms with Crippen molar-refractivity contribution in [3.05, 3.63) is 59.5 Å². The van der Waals surface area contributed by atoms with Crippen LogP contribution in [0.3, 0.4) is 0 Å². The van der Waals surface area contributed by atoms with Gasteiger partial charge in [0.25, 0.3) is 0 Å². The molecule has 32 heavy (non-hydrogen) atoms. The van der Waals surface area contributed by atoms with Crippen LogP contribution in [-0.2, 0) is 16.1 Å². The first kappa shape index (κ1) is 21.5. The molecule has 1 aromatic heterocycles. The van der Waals surface area contributed by atoms with E-state index in [1.54, 1.807) is 45.2 Å². The zero-order chi connectivity index (χ0) is 22.8. The zero-order valence-electron chi connectivity index (χ0n) is 18.5. The molecule has 0 radical (unpaired) electrons. The van der Waals surface area contributed by atoms with Gasteiger partial charge in [0.05, 0.1) is 19.3 Å². The predicted molar refractivity (Wildman–Crippen MR) is 120 cm³/mol. The number of esters is 1. The summed E-state index contributed by atoms with van der Waals surface area (Å²) in [7, 11) is 1.62. The number of carbonyl (C=O) groups excluding carboxylic acids is 2. The van der Waals surface area contributed by atoms with Crippen molar-refractivity contribution in [2.45, 2.75) is 33.4 Å². The lowest BCUT2D eigenvalue weighted by atomic mass is 10.1. The molecular formula is C25H25NO6. The Labute approximate surface area is 186 Å². The van der Waals surface area contributed by atoms with Gasteiger partial charge < -0.3 is 23.5 Å². The average molecular weight is 435 g/mol. The van der Waals surface area contributed by atoms with Gasteiger partial charge in [-0.1, -0.05) is 0 Å². The maximum atomic E-state index is 12.9. The highest BCUT2D eigenvalue weighted by atomic mass is 16.6. The number of ketones is 1. The Balaban J connectivity index is 1.63. The van der Waals surface area contributed by atoms with Gasteiger partial charge in [-0.05, 0) is 57.2 Å². The summed E-state index contributed by atoms with van der Waals surface area (Å²) in [5.41, 5.74) is 2.36. The second-order valence-electron chi connectivity index (χ2n) is 7.36. The molecule has 0 saturated heterocycles. The lowest BCUT2D eigenvalue weighted by molar-refractivity contribution is -0.150. The minimum absolute atomic E-state index is 0.203. The van der Waals surface area contributed by atoms with E-state index in [-0.39, 0.29) is 18.1 Å². The number of hydrogen-bond donors (Lipinski definition) is 0. The van der Waals surface area contributed by atoms with Crippen molar-refractivity contribution in [3.8, 4) is 17.2 Å². The molecule has 2 aromatic carbocycles. The first-order chi connectivity index (χ1) is 15.4. The lowest BCUT2D eigenvalue weighted by Crippen LogP contribution is -2.26. The third-order valence-corrected chi connectivity index (χ3v) is 5.32. The number of fused-ring (bicyclic) bond motifs is 2. The van der Waals surface area contributed by atoms with Crippen LogP contribution in [0, 0.1) is 0 Å². The molecule has 0 fully saturated rings. The minimum Gasteiger partial charge on any atom is -0.497 e. The quantitative estimate of drug-likeness (QED) is 0.398. The Hall–Kier alpha value is -3.74. The van der Waals surface area contributed by atoms with Crippen molar-refractivity contribution in [2.24, 2.45) is 0 Å². The molecule has 0 N–H and O–H groups in total. The SMILES string of the molecule is CCOC(=O)C(C)Oc1ccc2c(c1)O/C(=C\c1cn(CC)c3ccc(OC)cc13)C2=O. The van der Waals surface area contributed by atoms with Gasteiger partial charge in [0, 0.05) is 35.3 Å². The standard InChI is InChI=1S/C25H25NO6/c1-5-26-14-16(20-12-17(29-4)8-10-21(20)26)11-23-24(27)19-9-7-18(13-22(19)32-23)31-15(3)25(28)30-6-2/h7-15H,5-6H2,1-4H3/b23-11-. The van der Waals surface area contributed by atoms with Crippen molar-refractivity contribution in [3.63, 3.8) is 0 Å². The van der Waals surface area contributed by atoms with E-state index in [1.165, 1.54) is 0 Å². The number of hydrogen-bond acceptors (Lipinski definition) is 6. The fraction of sp³-hybridized carbons (Fsp3) is 0.280. The first-order valence-corrected chi connectivity index (χ1v) is 10.5. The Kier molecular flexibility index (Phi) is 5.90. The van der Waals surface area contributed by atoms with Crippen LogP contribution in [0.4, 0.5) is 0 Å². The largest absolute Gasteiger partial charge is 0.497 e. The van der Waals surface area contributed by atoms with E-state index in [0.717, 1.165) is 28.8 Å². The van der Waals surface area contributed by atoms with Crippen LogP contribution < -0.4 is 14.2 Å². The fourth-order valence-corrected chi connectivity index (χ4v) is 3.70. The van der Waals surface area contributed by atoms with E-state index in [2.05, 4.69) is 11.5 Å². The number of allylic oxidation sites excluding steroid dienone is 1. The molecular weight excluding hydrogens is 410 g/mol. The number of aromatic nitrogens is 1. The predicted octanol–water partition coefficient (Wildman–Crippen LogP) is 4.62. The minimum atomic E-state index is -0.768. The molecule has 3 aromatic rings. The van der Waals surface area contributed by atoms with Crippen LogP contribution in [0.1, 0.15) is 36.7 Å². The van der Waals surface area contributed by atoms with Gasteiger partial charge in [0.2, 0.25) is 5.78 Å². The highest BCUT2D eigenvalue weighted by Gasteiger charge is 2.29. The Morgan fingerprint density at radius 2 is 1.94 bits per heavy atom. The number of aryl methyl sites for hydroxylation is 1. The number of Topliss-reactive ketones (excluding diaryl/α,β-unsaturated/α-hetero) is 1. The normalized spacial score (nSPS) is 14.9. The van der Waals surface area contributed by atoms with Crippen molar-refractivity contribution in [2.75, 3.05) is 13.7 Å². The van der Waals surface area contributed by atoms with Crippen LogP contribution in [0.25, 0.3) is 17.0 Å². The second-order valence-corrected chi connectivity index (χ2v) is 7.36. The first-order valence-electron chi connectivity index (χ1n) is 10.5. The third kappa shape index (κ3) is 3.93. The number of rotatable bonds is 7. The van der Waals surface area contributed by atoms with Crippen molar-refractivity contribution < 1.29 is 28.5 Å². The zero-order valence-corrected chi connectivity index (χ0v) is 18.5. The molecule has 1 atom stereocenters. The monoisotopic (exact) mass is 435 g/mol. The van der Waals surface area contributed by atoms with Crippen LogP contribution in [-0.4, -0.2) is 36.1 Å². The lowest BCUT2D eigenvalue weighted by Gasteiger charge is -2.13. The fourth-order valence-electron chi connectivity index (χ4n) is 3.70. The van der Waals surface area contributed by atoms with Crippen molar-refractivity contribution >= 4 is 28.7 Å². The maximum absolute atomic E-state index is 12.9. The van der Waals surface area contributed by atoms with E-state index in [1.807, 2.05) is 24.4 Å². The van der Waals surface area contributed by atoms with Gasteiger partial charge in [-0.2, -0.15) is 0 Å². The highest BCUT2D eigenvalue weighted by molar-refractivity contribution is 6.15. The van der Waals surface area contributed by atoms with Gasteiger partial charge >= 0.3 is 5.97 Å². The number of benzene rings is 2. The maximum Gasteiger partial charge on any atom is 0.347 e. The Morgan fingerprint density at radius 3 is 2.66 bits per heavy atom. The Bertz CT molecular complexity index is 1220. The summed E-state index contributed by atoms with van der Waals surface area (Å²) in [6.45, 7) is 6.48. The molecule has 7 nitrogen and oxygen atoms in total. The summed E-state index contributed by atoms with van der Waals surface area (Å²) in [5, 5.41) is 0.971. The molecule has 1 aliphatic heterocycles. The number of ether oxygens (including phenoxy) is 4. The third-order valence-electron chi connectivity index (χ3n) is 5.32. The summed E-state index contributed by atoms with van der Waals surface area (Å²) >= 11 is 0. The van der Waals surface area contributed by atoms with Crippen molar-refractivity contribution in [1.29, 1.82) is 0 Å². The number of methoxy groups -OCH3 is 1. The molecule has 2 heterocycles. The highest BCUT2D eigenvalue weighted by Crippen LogP contribution is 2.36. The van der Waals surface area contributed by atoms with E-state index in [4.69, 9.17) is 18.9 Å². The summed E-state index contributed by atoms with van der Waals surface area (Å²) in [4.78, 5) is 24.7. The van der Waals surface area contributed by atoms with E-state index < -0.39 is 12.1 Å². The topological polar surface area (TPSA) is 76.0 Å². The van der Waals surface area contributed by atoms with Gasteiger partial charge in [-0.15, -0.1) is 0 Å². The van der Waals surface area contributed by atoms with Gasteiger partial charge in [0.1, 0.15) is 17.2 Å². The molecule has 166 valence electrons. The number of carbonyl (C=O) groups is 2. The van der Waals surface area contributed by atoms with E-state index >= 15 is 0 Å². The van der Waals surface area contributed by atoms with Gasteiger partial charge in [-0.3, -0.25) is 4.79 Å². The molecule has 7 heteroatoms. The molecule has 0 aliphatic carbocycles. The summed E-state index contributed by atoms with van der Waals surface area (Å²) in [5.74, 6) is 1.13. The van der Waals surface area contributed by atoms with Gasteiger partial charge in [0.15, 0.2) is 11.9 Å². The van der Waals surface area contributed by atoms with Gasteiger partial charge in [-0.25, -0.2) is 4.79 Å². The molecule has 1 aliphatic rings. The summed E-state index contributed by atoms with van der Waals surface area (Å²) in [6, 6.07) is 10.8.